The molecule has 0 atom stereocenters. The summed E-state index contributed by atoms with van der Waals surface area (Å²) in [7, 11) is 1.53. The zero-order valence-electron chi connectivity index (χ0n) is 11.0. The molecule has 1 N–H and O–H groups in total. The minimum absolute atomic E-state index is 0.0795. The molecule has 0 spiro atoms. The number of nitrogens with zero attached hydrogens (tertiary/aromatic N) is 3. The van der Waals surface area contributed by atoms with Crippen LogP contribution in [0.15, 0.2) is 22.7 Å². The van der Waals surface area contributed by atoms with Crippen LogP contribution in [0.1, 0.15) is 22.8 Å². The first-order valence-corrected chi connectivity index (χ1v) is 5.97. The highest BCUT2D eigenvalue weighted by Gasteiger charge is 2.17. The predicted octanol–water partition coefficient (Wildman–Crippen LogP) is 1.45. The number of carbonyl (C=O) groups is 1. The second-order valence-corrected chi connectivity index (χ2v) is 3.93. The van der Waals surface area contributed by atoms with Crippen LogP contribution < -0.4 is 5.32 Å². The second kappa shape index (κ2) is 6.84. The molecule has 2 aromatic heterocycles. The number of nitrogens with one attached hydrogen (secondary N) is 1. The molecule has 112 valence electrons. The molecular formula is C12H12F2N4O3. The molecule has 0 aliphatic rings. The lowest BCUT2D eigenvalue weighted by Crippen LogP contribution is -2.27. The van der Waals surface area contributed by atoms with Crippen LogP contribution in [0.5, 0.6) is 0 Å². The van der Waals surface area contributed by atoms with Gasteiger partial charge in [0.1, 0.15) is 5.69 Å². The zero-order chi connectivity index (χ0) is 15.2. The molecule has 7 nitrogen and oxygen atoms in total. The molecule has 21 heavy (non-hydrogen) atoms. The number of alkyl halides is 2. The smallest absolute Gasteiger partial charge is 0.314 e. The van der Waals surface area contributed by atoms with Crippen LogP contribution >= 0.6 is 0 Å². The molecule has 2 heterocycles. The Morgan fingerprint density at radius 1 is 1.43 bits per heavy atom. The van der Waals surface area contributed by atoms with E-state index in [1.54, 1.807) is 0 Å². The summed E-state index contributed by atoms with van der Waals surface area (Å²) in [6, 6.07) is 2.92. The van der Waals surface area contributed by atoms with E-state index in [1.165, 1.54) is 25.4 Å². The number of hydrogen-bond acceptors (Lipinski definition) is 6. The van der Waals surface area contributed by atoms with E-state index in [0.29, 0.717) is 18.7 Å². The maximum absolute atomic E-state index is 12.3. The van der Waals surface area contributed by atoms with Crippen molar-refractivity contribution in [1.29, 1.82) is 0 Å². The van der Waals surface area contributed by atoms with Crippen LogP contribution in [0, 0.1) is 0 Å². The van der Waals surface area contributed by atoms with Gasteiger partial charge in [-0.2, -0.15) is 8.78 Å². The van der Waals surface area contributed by atoms with Crippen molar-refractivity contribution in [2.24, 2.45) is 0 Å². The number of amides is 1. The molecule has 1 amide bonds. The largest absolute Gasteiger partial charge is 0.415 e. The molecule has 0 unspecified atom stereocenters. The average molecular weight is 298 g/mol. The number of ether oxygens (including phenoxy) is 1. The van der Waals surface area contributed by atoms with Crippen LogP contribution in [0.25, 0.3) is 11.5 Å². The van der Waals surface area contributed by atoms with Gasteiger partial charge in [-0.3, -0.25) is 9.78 Å². The third-order valence-electron chi connectivity index (χ3n) is 2.46. The highest BCUT2D eigenvalue weighted by atomic mass is 19.3. The van der Waals surface area contributed by atoms with E-state index in [2.05, 4.69) is 20.5 Å². The maximum Gasteiger partial charge on any atom is 0.314 e. The van der Waals surface area contributed by atoms with Gasteiger partial charge in [-0.15, -0.1) is 10.2 Å². The van der Waals surface area contributed by atoms with Crippen LogP contribution in [-0.2, 0) is 4.74 Å². The quantitative estimate of drug-likeness (QED) is 0.812. The molecule has 0 aliphatic heterocycles. The Hall–Kier alpha value is -2.42. The van der Waals surface area contributed by atoms with Crippen molar-refractivity contribution in [3.05, 3.63) is 29.9 Å². The van der Waals surface area contributed by atoms with Crippen molar-refractivity contribution < 1.29 is 22.7 Å². The van der Waals surface area contributed by atoms with Gasteiger partial charge >= 0.3 is 6.43 Å². The number of carbonyl (C=O) groups excluding carboxylic acids is 1. The van der Waals surface area contributed by atoms with E-state index in [1.807, 2.05) is 0 Å². The lowest BCUT2D eigenvalue weighted by atomic mass is 10.2. The number of halogens is 2. The molecule has 0 bridgehead atoms. The number of pyridine rings is 1. The fourth-order valence-electron chi connectivity index (χ4n) is 1.45. The number of rotatable bonds is 6. The van der Waals surface area contributed by atoms with Gasteiger partial charge in [0.05, 0.1) is 12.2 Å². The highest BCUT2D eigenvalue weighted by molar-refractivity contribution is 5.92. The first-order valence-electron chi connectivity index (χ1n) is 5.97. The second-order valence-electron chi connectivity index (χ2n) is 3.93. The molecule has 0 fully saturated rings. The Labute approximate surface area is 118 Å². The summed E-state index contributed by atoms with van der Waals surface area (Å²) >= 11 is 0. The van der Waals surface area contributed by atoms with Gasteiger partial charge < -0.3 is 14.5 Å². The Morgan fingerprint density at radius 3 is 2.81 bits per heavy atom. The van der Waals surface area contributed by atoms with Gasteiger partial charge in [-0.25, -0.2) is 0 Å². The van der Waals surface area contributed by atoms with Crippen molar-refractivity contribution in [2.75, 3.05) is 20.3 Å². The fourth-order valence-corrected chi connectivity index (χ4v) is 1.45. The molecule has 9 heteroatoms. The standard InChI is InChI=1S/C12H12F2N4O3/c1-20-5-4-15-10(19)8-3-2-7(6-16-8)11-17-18-12(21-11)9(13)14/h2-3,6,9H,4-5H2,1H3,(H,15,19). The molecule has 2 aromatic rings. The van der Waals surface area contributed by atoms with Crippen LogP contribution in [0.3, 0.4) is 0 Å². The fraction of sp³-hybridized carbons (Fsp3) is 0.333. The summed E-state index contributed by atoms with van der Waals surface area (Å²) < 4.78 is 34.3. The summed E-state index contributed by atoms with van der Waals surface area (Å²) in [5.41, 5.74) is 0.534. The van der Waals surface area contributed by atoms with Gasteiger partial charge in [0.25, 0.3) is 11.8 Å². The zero-order valence-corrected chi connectivity index (χ0v) is 11.0. The van der Waals surface area contributed by atoms with Crippen LogP contribution in [0.2, 0.25) is 0 Å². The van der Waals surface area contributed by atoms with Crippen molar-refractivity contribution in [3.8, 4) is 11.5 Å². The Morgan fingerprint density at radius 2 is 2.24 bits per heavy atom. The van der Waals surface area contributed by atoms with Crippen molar-refractivity contribution >= 4 is 5.91 Å². The van der Waals surface area contributed by atoms with Gasteiger partial charge in [-0.05, 0) is 12.1 Å². The molecule has 0 radical (unpaired) electrons. The van der Waals surface area contributed by atoms with E-state index in [-0.39, 0.29) is 17.5 Å². The average Bonchev–Trinajstić information content (AvgIpc) is 2.97. The molecule has 0 saturated heterocycles. The normalized spacial score (nSPS) is 10.9. The van der Waals surface area contributed by atoms with E-state index in [9.17, 15) is 13.6 Å². The molecular weight excluding hydrogens is 286 g/mol. The molecule has 0 aromatic carbocycles. The maximum atomic E-state index is 12.3. The van der Waals surface area contributed by atoms with Crippen molar-refractivity contribution in [2.45, 2.75) is 6.43 Å². The first kappa shape index (κ1) is 15.0. The minimum atomic E-state index is -2.83. The molecule has 0 saturated carbocycles. The Balaban J connectivity index is 2.05. The minimum Gasteiger partial charge on any atom is -0.415 e. The summed E-state index contributed by atoms with van der Waals surface area (Å²) in [5.74, 6) is -1.20. The van der Waals surface area contributed by atoms with Crippen molar-refractivity contribution in [1.82, 2.24) is 20.5 Å². The number of methoxy groups -OCH3 is 1. The lowest BCUT2D eigenvalue weighted by molar-refractivity contribution is 0.0932. The van der Waals surface area contributed by atoms with Gasteiger partial charge in [-0.1, -0.05) is 0 Å². The van der Waals surface area contributed by atoms with Crippen LogP contribution in [-0.4, -0.2) is 41.3 Å². The summed E-state index contributed by atoms with van der Waals surface area (Å²) in [4.78, 5) is 15.6. The van der Waals surface area contributed by atoms with Crippen LogP contribution in [0.4, 0.5) is 8.78 Å². The third-order valence-corrected chi connectivity index (χ3v) is 2.46. The Kier molecular flexibility index (Phi) is 4.88. The SMILES string of the molecule is COCCNC(=O)c1ccc(-c2nnc(C(F)F)o2)cn1. The predicted molar refractivity (Wildman–Crippen MR) is 66.7 cm³/mol. The van der Waals surface area contributed by atoms with Gasteiger partial charge in [0.15, 0.2) is 0 Å². The third kappa shape index (κ3) is 3.78. The topological polar surface area (TPSA) is 90.1 Å². The van der Waals surface area contributed by atoms with E-state index in [0.717, 1.165) is 0 Å². The molecule has 2 rings (SSSR count). The van der Waals surface area contributed by atoms with E-state index >= 15 is 0 Å². The van der Waals surface area contributed by atoms with Gasteiger partial charge in [0.2, 0.25) is 5.89 Å². The number of hydrogen-bond donors (Lipinski definition) is 1. The lowest BCUT2D eigenvalue weighted by Gasteiger charge is -2.03. The summed E-state index contributed by atoms with van der Waals surface area (Å²) in [6.45, 7) is 0.752. The van der Waals surface area contributed by atoms with Gasteiger partial charge in [0, 0.05) is 19.9 Å². The van der Waals surface area contributed by atoms with Crippen molar-refractivity contribution in [3.63, 3.8) is 0 Å². The summed E-state index contributed by atoms with van der Waals surface area (Å²) in [5, 5.41) is 9.30. The molecule has 0 aliphatic carbocycles. The van der Waals surface area contributed by atoms with E-state index < -0.39 is 12.3 Å². The monoisotopic (exact) mass is 298 g/mol. The Bertz CT molecular complexity index is 601. The first-order chi connectivity index (χ1) is 10.1. The summed E-state index contributed by atoms with van der Waals surface area (Å²) in [6.07, 6.45) is -1.53. The van der Waals surface area contributed by atoms with E-state index in [4.69, 9.17) is 9.15 Å². The highest BCUT2D eigenvalue weighted by Crippen LogP contribution is 2.22. The number of aromatic nitrogens is 3.